The highest BCUT2D eigenvalue weighted by Gasteiger charge is 2.34. The molecule has 2 saturated heterocycles. The van der Waals surface area contributed by atoms with E-state index in [1.54, 1.807) is 18.2 Å². The Labute approximate surface area is 185 Å². The van der Waals surface area contributed by atoms with Gasteiger partial charge in [-0.2, -0.15) is 0 Å². The van der Waals surface area contributed by atoms with E-state index >= 15 is 0 Å². The van der Waals surface area contributed by atoms with E-state index in [9.17, 15) is 13.2 Å². The van der Waals surface area contributed by atoms with E-state index in [2.05, 4.69) is 26.7 Å². The zero-order valence-electron chi connectivity index (χ0n) is 19.0. The van der Waals surface area contributed by atoms with Gasteiger partial charge in [0.25, 0.3) is 0 Å². The van der Waals surface area contributed by atoms with Crippen molar-refractivity contribution in [2.45, 2.75) is 70.2 Å². The van der Waals surface area contributed by atoms with Crippen LogP contribution in [0.4, 0.5) is 0 Å². The lowest BCUT2D eigenvalue weighted by molar-refractivity contribution is -0.134. The summed E-state index contributed by atoms with van der Waals surface area (Å²) in [5.74, 6) is 2.76. The highest BCUT2D eigenvalue weighted by Crippen LogP contribution is 2.30. The predicted molar refractivity (Wildman–Crippen MR) is 118 cm³/mol. The number of aromatic nitrogens is 3. The van der Waals surface area contributed by atoms with Gasteiger partial charge in [-0.05, 0) is 65.6 Å². The summed E-state index contributed by atoms with van der Waals surface area (Å²) in [6, 6.07) is 0. The van der Waals surface area contributed by atoms with Crippen LogP contribution in [0, 0.1) is 5.92 Å². The molecule has 0 aromatic carbocycles. The highest BCUT2D eigenvalue weighted by atomic mass is 32.2. The number of rotatable bonds is 5. The van der Waals surface area contributed by atoms with E-state index in [0.717, 1.165) is 57.0 Å². The third-order valence-electron chi connectivity index (χ3n) is 7.21. The van der Waals surface area contributed by atoms with E-state index in [1.165, 1.54) is 0 Å². The Bertz CT molecular complexity index is 883. The Morgan fingerprint density at radius 1 is 1.00 bits per heavy atom. The fourth-order valence-electron chi connectivity index (χ4n) is 5.00. The first kappa shape index (κ1) is 22.7. The fraction of sp³-hybridized carbons (Fsp3) is 0.857. The Morgan fingerprint density at radius 2 is 1.68 bits per heavy atom. The predicted octanol–water partition coefficient (Wildman–Crippen LogP) is 1.27. The summed E-state index contributed by atoms with van der Waals surface area (Å²) < 4.78 is 28.6. The van der Waals surface area contributed by atoms with Crippen molar-refractivity contribution in [2.24, 2.45) is 5.92 Å². The summed E-state index contributed by atoms with van der Waals surface area (Å²) >= 11 is 0. The lowest BCUT2D eigenvalue weighted by atomic mass is 9.93. The van der Waals surface area contributed by atoms with Crippen LogP contribution >= 0.6 is 0 Å². The molecule has 0 N–H and O–H groups in total. The lowest BCUT2D eigenvalue weighted by Gasteiger charge is -2.34. The SMILES string of the molecule is CC(C)S(=O)(=O)N1CCC(c2nnc3n2CCN(C(=O)CC2CCN(C)CC2)C3)CC1. The van der Waals surface area contributed by atoms with E-state index in [-0.39, 0.29) is 17.1 Å². The maximum atomic E-state index is 12.8. The fourth-order valence-corrected chi connectivity index (χ4v) is 6.32. The molecule has 0 bridgehead atoms. The van der Waals surface area contributed by atoms with Gasteiger partial charge in [-0.15, -0.1) is 10.2 Å². The first-order valence-electron chi connectivity index (χ1n) is 11.6. The number of amides is 1. The number of nitrogens with zero attached hydrogens (tertiary/aromatic N) is 6. The number of sulfonamides is 1. The van der Waals surface area contributed by atoms with Crippen LogP contribution in [0.25, 0.3) is 0 Å². The zero-order valence-corrected chi connectivity index (χ0v) is 19.9. The number of carbonyl (C=O) groups is 1. The summed E-state index contributed by atoms with van der Waals surface area (Å²) in [5, 5.41) is 8.47. The van der Waals surface area contributed by atoms with E-state index in [1.807, 2.05) is 4.90 Å². The van der Waals surface area contributed by atoms with Crippen molar-refractivity contribution in [3.8, 4) is 0 Å². The summed E-state index contributed by atoms with van der Waals surface area (Å²) in [5.41, 5.74) is 0. The minimum Gasteiger partial charge on any atom is -0.333 e. The van der Waals surface area contributed by atoms with E-state index in [0.29, 0.717) is 38.5 Å². The molecule has 0 saturated carbocycles. The first-order chi connectivity index (χ1) is 14.8. The van der Waals surface area contributed by atoms with E-state index in [4.69, 9.17) is 0 Å². The van der Waals surface area contributed by atoms with Crippen LogP contribution in [0.3, 0.4) is 0 Å². The molecular formula is C21H36N6O3S. The van der Waals surface area contributed by atoms with Gasteiger partial charge in [-0.1, -0.05) is 0 Å². The van der Waals surface area contributed by atoms with Crippen molar-refractivity contribution < 1.29 is 13.2 Å². The average molecular weight is 453 g/mol. The van der Waals surface area contributed by atoms with Crippen LogP contribution in [-0.4, -0.2) is 88.2 Å². The third kappa shape index (κ3) is 4.80. The molecule has 10 heteroatoms. The zero-order chi connectivity index (χ0) is 22.2. The van der Waals surface area contributed by atoms with Gasteiger partial charge < -0.3 is 14.4 Å². The molecule has 31 heavy (non-hydrogen) atoms. The van der Waals surface area contributed by atoms with Gasteiger partial charge in [-0.25, -0.2) is 12.7 Å². The molecule has 4 heterocycles. The first-order valence-corrected chi connectivity index (χ1v) is 13.1. The number of hydrogen-bond acceptors (Lipinski definition) is 6. The maximum absolute atomic E-state index is 12.8. The molecule has 9 nitrogen and oxygen atoms in total. The van der Waals surface area contributed by atoms with Gasteiger partial charge in [0, 0.05) is 38.5 Å². The van der Waals surface area contributed by atoms with Crippen molar-refractivity contribution in [2.75, 3.05) is 39.8 Å². The van der Waals surface area contributed by atoms with Gasteiger partial charge in [0.1, 0.15) is 5.82 Å². The number of piperidine rings is 2. The smallest absolute Gasteiger partial charge is 0.223 e. The molecule has 2 fully saturated rings. The highest BCUT2D eigenvalue weighted by molar-refractivity contribution is 7.89. The molecule has 1 amide bonds. The number of hydrogen-bond donors (Lipinski definition) is 0. The topological polar surface area (TPSA) is 91.6 Å². The molecule has 4 rings (SSSR count). The lowest BCUT2D eigenvalue weighted by Crippen LogP contribution is -2.42. The Kier molecular flexibility index (Phi) is 6.69. The minimum absolute atomic E-state index is 0.223. The van der Waals surface area contributed by atoms with Crippen LogP contribution in [-0.2, 0) is 27.9 Å². The van der Waals surface area contributed by atoms with Crippen LogP contribution < -0.4 is 0 Å². The van der Waals surface area contributed by atoms with Crippen molar-refractivity contribution in [3.05, 3.63) is 11.6 Å². The summed E-state index contributed by atoms with van der Waals surface area (Å²) in [7, 11) is -1.06. The Balaban J connectivity index is 1.34. The molecule has 0 unspecified atom stereocenters. The van der Waals surface area contributed by atoms with Crippen molar-refractivity contribution in [1.82, 2.24) is 28.9 Å². The van der Waals surface area contributed by atoms with Gasteiger partial charge >= 0.3 is 0 Å². The summed E-state index contributed by atoms with van der Waals surface area (Å²) in [4.78, 5) is 17.1. The quantitative estimate of drug-likeness (QED) is 0.668. The summed E-state index contributed by atoms with van der Waals surface area (Å²) in [6.07, 6.45) is 4.37. The Hall–Kier alpha value is -1.52. The molecule has 0 aliphatic carbocycles. The number of fused-ring (bicyclic) bond motifs is 1. The second-order valence-electron chi connectivity index (χ2n) is 9.66. The van der Waals surface area contributed by atoms with Crippen molar-refractivity contribution in [3.63, 3.8) is 0 Å². The number of likely N-dealkylation sites (tertiary alicyclic amines) is 1. The minimum atomic E-state index is -3.20. The second-order valence-corrected chi connectivity index (χ2v) is 12.1. The van der Waals surface area contributed by atoms with Gasteiger partial charge in [-0.3, -0.25) is 4.79 Å². The summed E-state index contributed by atoms with van der Waals surface area (Å²) in [6.45, 7) is 8.64. The van der Waals surface area contributed by atoms with Gasteiger partial charge in [0.15, 0.2) is 5.82 Å². The maximum Gasteiger partial charge on any atom is 0.223 e. The van der Waals surface area contributed by atoms with Crippen LogP contribution in [0.2, 0.25) is 0 Å². The van der Waals surface area contributed by atoms with Gasteiger partial charge in [0.05, 0.1) is 11.8 Å². The van der Waals surface area contributed by atoms with E-state index < -0.39 is 10.0 Å². The second kappa shape index (κ2) is 9.15. The Morgan fingerprint density at radius 3 is 2.32 bits per heavy atom. The molecule has 174 valence electrons. The van der Waals surface area contributed by atoms with Crippen LogP contribution in [0.5, 0.6) is 0 Å². The molecule has 0 atom stereocenters. The monoisotopic (exact) mass is 452 g/mol. The molecule has 1 aromatic heterocycles. The molecular weight excluding hydrogens is 416 g/mol. The third-order valence-corrected chi connectivity index (χ3v) is 9.49. The molecule has 3 aliphatic rings. The molecule has 3 aliphatic heterocycles. The molecule has 1 aromatic rings. The number of carbonyl (C=O) groups excluding carboxylic acids is 1. The normalized spacial score (nSPS) is 22.8. The van der Waals surface area contributed by atoms with Crippen LogP contribution in [0.1, 0.15) is 63.5 Å². The average Bonchev–Trinajstić information content (AvgIpc) is 3.18. The van der Waals surface area contributed by atoms with Crippen molar-refractivity contribution in [1.29, 1.82) is 0 Å². The molecule has 0 spiro atoms. The molecule has 0 radical (unpaired) electrons. The van der Waals surface area contributed by atoms with Gasteiger partial charge in [0.2, 0.25) is 15.9 Å². The largest absolute Gasteiger partial charge is 0.333 e. The van der Waals surface area contributed by atoms with Crippen LogP contribution in [0.15, 0.2) is 0 Å². The van der Waals surface area contributed by atoms with Crippen molar-refractivity contribution >= 4 is 15.9 Å². The standard InChI is InChI=1S/C21H36N6O3S/c1-16(2)31(29,30)26-10-6-18(7-11-26)21-23-22-19-15-25(12-13-27(19)21)20(28)14-17-4-8-24(3)9-5-17/h16-18H,4-15H2,1-3H3.